The summed E-state index contributed by atoms with van der Waals surface area (Å²) >= 11 is 0. The molecular formula is C14H22F2N2. The van der Waals surface area contributed by atoms with Crippen molar-refractivity contribution >= 4 is 0 Å². The van der Waals surface area contributed by atoms with Gasteiger partial charge in [-0.1, -0.05) is 19.9 Å². The van der Waals surface area contributed by atoms with E-state index in [9.17, 15) is 8.78 Å². The fourth-order valence-corrected chi connectivity index (χ4v) is 1.84. The molecule has 0 spiro atoms. The maximum Gasteiger partial charge on any atom is 0.130 e. The van der Waals surface area contributed by atoms with Gasteiger partial charge in [-0.25, -0.2) is 8.78 Å². The van der Waals surface area contributed by atoms with Gasteiger partial charge in [0.15, 0.2) is 0 Å². The van der Waals surface area contributed by atoms with Crippen LogP contribution in [0.1, 0.15) is 19.4 Å². The molecule has 0 aliphatic rings. The number of nitrogens with one attached hydrogen (secondary N) is 1. The topological polar surface area (TPSA) is 15.3 Å². The summed E-state index contributed by atoms with van der Waals surface area (Å²) in [6.07, 6.45) is 0. The first-order valence-corrected chi connectivity index (χ1v) is 6.22. The van der Waals surface area contributed by atoms with Crippen molar-refractivity contribution in [1.82, 2.24) is 10.2 Å². The molecule has 0 saturated carbocycles. The van der Waals surface area contributed by atoms with Gasteiger partial charge in [0.05, 0.1) is 0 Å². The van der Waals surface area contributed by atoms with Gasteiger partial charge in [-0.3, -0.25) is 0 Å². The van der Waals surface area contributed by atoms with Gasteiger partial charge in [-0.05, 0) is 32.1 Å². The van der Waals surface area contributed by atoms with E-state index >= 15 is 0 Å². The van der Waals surface area contributed by atoms with Crippen molar-refractivity contribution in [3.8, 4) is 0 Å². The van der Waals surface area contributed by atoms with E-state index in [4.69, 9.17) is 0 Å². The first-order valence-electron chi connectivity index (χ1n) is 6.22. The van der Waals surface area contributed by atoms with E-state index < -0.39 is 11.6 Å². The van der Waals surface area contributed by atoms with Gasteiger partial charge in [0, 0.05) is 24.7 Å². The van der Waals surface area contributed by atoms with Crippen LogP contribution in [0.5, 0.6) is 0 Å². The minimum atomic E-state index is -0.491. The monoisotopic (exact) mass is 256 g/mol. The van der Waals surface area contributed by atoms with E-state index in [0.29, 0.717) is 5.92 Å². The summed E-state index contributed by atoms with van der Waals surface area (Å²) in [5, 5.41) is 3.23. The Morgan fingerprint density at radius 1 is 1.17 bits per heavy atom. The molecule has 1 aromatic rings. The lowest BCUT2D eigenvalue weighted by atomic mass is 10.0. The van der Waals surface area contributed by atoms with Crippen LogP contribution in [0.15, 0.2) is 18.2 Å². The second-order valence-electron chi connectivity index (χ2n) is 5.19. The molecule has 0 heterocycles. The summed E-state index contributed by atoms with van der Waals surface area (Å²) in [7, 11) is 3.97. The van der Waals surface area contributed by atoms with Crippen molar-refractivity contribution < 1.29 is 8.78 Å². The Kier molecular flexibility index (Phi) is 5.69. The predicted octanol–water partition coefficient (Wildman–Crippen LogP) is 2.64. The number of likely N-dealkylation sites (N-methyl/N-ethyl adjacent to an activating group) is 1. The lowest BCUT2D eigenvalue weighted by Crippen LogP contribution is -2.41. The van der Waals surface area contributed by atoms with Gasteiger partial charge in [0.1, 0.15) is 11.6 Å². The minimum Gasteiger partial charge on any atom is -0.308 e. The second-order valence-corrected chi connectivity index (χ2v) is 5.19. The zero-order chi connectivity index (χ0) is 13.7. The zero-order valence-electron chi connectivity index (χ0n) is 11.5. The van der Waals surface area contributed by atoms with Gasteiger partial charge < -0.3 is 10.2 Å². The Morgan fingerprint density at radius 2 is 1.72 bits per heavy atom. The zero-order valence-corrected chi connectivity index (χ0v) is 11.5. The first kappa shape index (κ1) is 15.1. The molecule has 2 nitrogen and oxygen atoms in total. The Hall–Kier alpha value is -1.00. The largest absolute Gasteiger partial charge is 0.308 e. The fourth-order valence-electron chi connectivity index (χ4n) is 1.84. The Morgan fingerprint density at radius 3 is 2.17 bits per heavy atom. The molecule has 1 rings (SSSR count). The third-order valence-electron chi connectivity index (χ3n) is 2.97. The molecule has 0 aliphatic heterocycles. The van der Waals surface area contributed by atoms with Crippen molar-refractivity contribution in [2.75, 3.05) is 20.6 Å². The molecule has 0 saturated heterocycles. The Balaban J connectivity index is 2.67. The van der Waals surface area contributed by atoms with Crippen LogP contribution in [0.2, 0.25) is 0 Å². The van der Waals surface area contributed by atoms with Gasteiger partial charge >= 0.3 is 0 Å². The van der Waals surface area contributed by atoms with Crippen LogP contribution in [0.4, 0.5) is 8.78 Å². The standard InChI is InChI=1S/C14H22F2N2/c1-10(2)14(9-18(3)4)17-8-11-12(15)6-5-7-13(11)16/h5-7,10,14,17H,8-9H2,1-4H3. The molecule has 0 aromatic heterocycles. The third kappa shape index (κ3) is 4.35. The molecule has 0 fully saturated rings. The predicted molar refractivity (Wildman–Crippen MR) is 70.4 cm³/mol. The summed E-state index contributed by atoms with van der Waals surface area (Å²) in [6.45, 7) is 5.25. The summed E-state index contributed by atoms with van der Waals surface area (Å²) in [5.74, 6) is -0.577. The molecule has 4 heteroatoms. The Bertz CT molecular complexity index is 358. The van der Waals surface area contributed by atoms with Crippen molar-refractivity contribution in [1.29, 1.82) is 0 Å². The van der Waals surface area contributed by atoms with E-state index in [2.05, 4.69) is 24.1 Å². The number of nitrogens with zero attached hydrogens (tertiary/aromatic N) is 1. The molecule has 0 bridgehead atoms. The molecule has 0 amide bonds. The van der Waals surface area contributed by atoms with Crippen LogP contribution in [0.25, 0.3) is 0 Å². The van der Waals surface area contributed by atoms with Crippen LogP contribution >= 0.6 is 0 Å². The summed E-state index contributed by atoms with van der Waals surface area (Å²) in [5.41, 5.74) is 0.113. The smallest absolute Gasteiger partial charge is 0.130 e. The molecule has 0 radical (unpaired) electrons. The summed E-state index contributed by atoms with van der Waals surface area (Å²) in [6, 6.07) is 4.17. The van der Waals surface area contributed by atoms with E-state index in [-0.39, 0.29) is 18.2 Å². The average molecular weight is 256 g/mol. The van der Waals surface area contributed by atoms with Crippen molar-refractivity contribution in [3.63, 3.8) is 0 Å². The average Bonchev–Trinajstić information content (AvgIpc) is 2.26. The first-order chi connectivity index (χ1) is 8.41. The van der Waals surface area contributed by atoms with Crippen LogP contribution < -0.4 is 5.32 Å². The van der Waals surface area contributed by atoms with Crippen molar-refractivity contribution in [2.45, 2.75) is 26.4 Å². The van der Waals surface area contributed by atoms with Crippen molar-refractivity contribution in [3.05, 3.63) is 35.4 Å². The van der Waals surface area contributed by atoms with E-state index in [1.807, 2.05) is 14.1 Å². The van der Waals surface area contributed by atoms with E-state index in [1.54, 1.807) is 0 Å². The van der Waals surface area contributed by atoms with Gasteiger partial charge in [-0.2, -0.15) is 0 Å². The molecule has 1 atom stereocenters. The fraction of sp³-hybridized carbons (Fsp3) is 0.571. The maximum atomic E-state index is 13.5. The molecular weight excluding hydrogens is 234 g/mol. The maximum absolute atomic E-state index is 13.5. The molecule has 18 heavy (non-hydrogen) atoms. The van der Waals surface area contributed by atoms with Crippen LogP contribution in [-0.2, 0) is 6.54 Å². The quantitative estimate of drug-likeness (QED) is 0.841. The highest BCUT2D eigenvalue weighted by Gasteiger charge is 2.16. The minimum absolute atomic E-state index is 0.113. The molecule has 1 N–H and O–H groups in total. The number of rotatable bonds is 6. The lowest BCUT2D eigenvalue weighted by Gasteiger charge is -2.26. The highest BCUT2D eigenvalue weighted by molar-refractivity contribution is 5.19. The Labute approximate surface area is 108 Å². The highest BCUT2D eigenvalue weighted by atomic mass is 19.1. The molecule has 0 aliphatic carbocycles. The SMILES string of the molecule is CC(C)C(CN(C)C)NCc1c(F)cccc1F. The number of halogens is 2. The number of hydrogen-bond donors (Lipinski definition) is 1. The second kappa shape index (κ2) is 6.81. The number of benzene rings is 1. The van der Waals surface area contributed by atoms with Crippen molar-refractivity contribution in [2.24, 2.45) is 5.92 Å². The van der Waals surface area contributed by atoms with E-state index in [0.717, 1.165) is 6.54 Å². The van der Waals surface area contributed by atoms with Gasteiger partial charge in [0.25, 0.3) is 0 Å². The molecule has 1 aromatic carbocycles. The molecule has 1 unspecified atom stereocenters. The third-order valence-corrected chi connectivity index (χ3v) is 2.97. The summed E-state index contributed by atoms with van der Waals surface area (Å²) in [4.78, 5) is 2.06. The van der Waals surface area contributed by atoms with Crippen LogP contribution in [0.3, 0.4) is 0 Å². The molecule has 102 valence electrons. The lowest BCUT2D eigenvalue weighted by molar-refractivity contribution is 0.286. The normalized spacial score (nSPS) is 13.3. The van der Waals surface area contributed by atoms with Gasteiger partial charge in [0.2, 0.25) is 0 Å². The van der Waals surface area contributed by atoms with Crippen LogP contribution in [-0.4, -0.2) is 31.6 Å². The highest BCUT2D eigenvalue weighted by Crippen LogP contribution is 2.13. The number of hydrogen-bond acceptors (Lipinski definition) is 2. The summed E-state index contributed by atoms with van der Waals surface area (Å²) < 4.78 is 26.9. The van der Waals surface area contributed by atoms with Crippen LogP contribution in [0, 0.1) is 17.6 Å². The van der Waals surface area contributed by atoms with E-state index in [1.165, 1.54) is 18.2 Å². The van der Waals surface area contributed by atoms with Gasteiger partial charge in [-0.15, -0.1) is 0 Å².